The number of methoxy groups -OCH3 is 1. The number of ether oxygens (including phenoxy) is 1. The van der Waals surface area contributed by atoms with Crippen LogP contribution < -0.4 is 10.1 Å². The largest absolute Gasteiger partial charge is 0.497 e. The smallest absolute Gasteiger partial charge is 0.224 e. The van der Waals surface area contributed by atoms with E-state index >= 15 is 0 Å². The van der Waals surface area contributed by atoms with E-state index in [2.05, 4.69) is 15.5 Å². The minimum Gasteiger partial charge on any atom is -0.497 e. The normalized spacial score (nSPS) is 17.3. The van der Waals surface area contributed by atoms with Crippen molar-refractivity contribution in [1.82, 2.24) is 0 Å². The number of nitrogens with one attached hydrogen (secondary N) is 1. The first kappa shape index (κ1) is 16.2. The molecule has 1 aliphatic heterocycles. The Hall–Kier alpha value is -3.28. The second-order valence-electron chi connectivity index (χ2n) is 6.11. The number of ketones is 1. The van der Waals surface area contributed by atoms with Crippen molar-refractivity contribution in [2.24, 2.45) is 10.2 Å². The Morgan fingerprint density at radius 1 is 1.19 bits per heavy atom. The van der Waals surface area contributed by atoms with E-state index in [4.69, 9.17) is 4.74 Å². The quantitative estimate of drug-likeness (QED) is 0.902. The summed E-state index contributed by atoms with van der Waals surface area (Å²) < 4.78 is 5.18. The highest BCUT2D eigenvalue weighted by Crippen LogP contribution is 2.48. The standard InChI is InChI=1S/C20H17N3O3/c1-3-15(24)21-14-6-4-5-13-16(14)20(25)17-18(22-23-19(13)17)11-7-9-12(26-2)10-8-11/h4-10,19H,3H2,1-2H3,(H,21,24). The summed E-state index contributed by atoms with van der Waals surface area (Å²) in [6.07, 6.45) is 0.348. The van der Waals surface area contributed by atoms with Gasteiger partial charge in [0.2, 0.25) is 5.91 Å². The minimum atomic E-state index is -0.409. The first-order valence-corrected chi connectivity index (χ1v) is 8.41. The molecule has 0 saturated carbocycles. The van der Waals surface area contributed by atoms with Crippen LogP contribution in [0.4, 0.5) is 5.69 Å². The highest BCUT2D eigenvalue weighted by molar-refractivity contribution is 6.22. The second kappa shape index (κ2) is 6.22. The average molecular weight is 347 g/mol. The SMILES string of the molecule is CCC(=O)Nc1cccc2c1C(=O)C1=C(c3ccc(OC)cc3)N=NC12. The lowest BCUT2D eigenvalue weighted by molar-refractivity contribution is -0.115. The molecule has 130 valence electrons. The summed E-state index contributed by atoms with van der Waals surface area (Å²) in [6.45, 7) is 1.77. The number of rotatable bonds is 4. The van der Waals surface area contributed by atoms with Crippen molar-refractivity contribution in [3.63, 3.8) is 0 Å². The average Bonchev–Trinajstić information content (AvgIpc) is 3.22. The lowest BCUT2D eigenvalue weighted by Gasteiger charge is -2.09. The first-order valence-electron chi connectivity index (χ1n) is 8.41. The van der Waals surface area contributed by atoms with Gasteiger partial charge in [-0.15, -0.1) is 0 Å². The minimum absolute atomic E-state index is 0.130. The number of benzene rings is 2. The molecule has 0 spiro atoms. The summed E-state index contributed by atoms with van der Waals surface area (Å²) in [4.78, 5) is 24.9. The molecule has 4 rings (SSSR count). The maximum atomic E-state index is 13.1. The molecule has 0 saturated heterocycles. The number of nitrogens with zero attached hydrogens (tertiary/aromatic N) is 2. The van der Waals surface area contributed by atoms with E-state index in [0.29, 0.717) is 28.9 Å². The Morgan fingerprint density at radius 3 is 2.65 bits per heavy atom. The molecule has 0 radical (unpaired) electrons. The van der Waals surface area contributed by atoms with Gasteiger partial charge in [0.1, 0.15) is 17.5 Å². The predicted octanol–water partition coefficient (Wildman–Crippen LogP) is 4.16. The Labute approximate surface area is 150 Å². The van der Waals surface area contributed by atoms with E-state index in [1.54, 1.807) is 20.1 Å². The number of anilines is 1. The molecule has 2 aromatic carbocycles. The number of hydrogen-bond donors (Lipinski definition) is 1. The fourth-order valence-corrected chi connectivity index (χ4v) is 3.30. The van der Waals surface area contributed by atoms with E-state index in [-0.39, 0.29) is 11.7 Å². The zero-order valence-corrected chi connectivity index (χ0v) is 14.4. The van der Waals surface area contributed by atoms with Gasteiger partial charge in [-0.1, -0.05) is 19.1 Å². The molecule has 0 fully saturated rings. The number of amides is 1. The van der Waals surface area contributed by atoms with Crippen LogP contribution in [0.3, 0.4) is 0 Å². The van der Waals surface area contributed by atoms with E-state index in [1.807, 2.05) is 36.4 Å². The van der Waals surface area contributed by atoms with Crippen molar-refractivity contribution in [3.05, 3.63) is 64.7 Å². The number of Topliss-reactive ketones (excluding diaryl/α,β-unsaturated/α-hetero) is 1. The lowest BCUT2D eigenvalue weighted by atomic mass is 10.0. The van der Waals surface area contributed by atoms with Gasteiger partial charge in [0.15, 0.2) is 5.78 Å². The van der Waals surface area contributed by atoms with Gasteiger partial charge in [-0.3, -0.25) is 9.59 Å². The van der Waals surface area contributed by atoms with E-state index in [1.165, 1.54) is 0 Å². The number of azo groups is 1. The maximum absolute atomic E-state index is 13.1. The molecule has 1 N–H and O–H groups in total. The highest BCUT2D eigenvalue weighted by Gasteiger charge is 2.42. The Morgan fingerprint density at radius 2 is 1.96 bits per heavy atom. The topological polar surface area (TPSA) is 80.1 Å². The summed E-state index contributed by atoms with van der Waals surface area (Å²) in [5.74, 6) is 0.471. The van der Waals surface area contributed by atoms with E-state index in [0.717, 1.165) is 16.9 Å². The molecule has 2 aromatic rings. The van der Waals surface area contributed by atoms with Crippen LogP contribution in [0.5, 0.6) is 5.75 Å². The van der Waals surface area contributed by atoms with Crippen LogP contribution >= 0.6 is 0 Å². The molecule has 1 heterocycles. The van der Waals surface area contributed by atoms with Crippen LogP contribution in [-0.4, -0.2) is 18.8 Å². The van der Waals surface area contributed by atoms with Crippen molar-refractivity contribution in [3.8, 4) is 5.75 Å². The van der Waals surface area contributed by atoms with Crippen LogP contribution in [0.15, 0.2) is 58.3 Å². The van der Waals surface area contributed by atoms with Crippen LogP contribution in [0.25, 0.3) is 5.70 Å². The molecule has 6 nitrogen and oxygen atoms in total. The van der Waals surface area contributed by atoms with Gasteiger partial charge in [0, 0.05) is 12.0 Å². The number of fused-ring (bicyclic) bond motifs is 3. The molecule has 2 aliphatic rings. The van der Waals surface area contributed by atoms with Crippen molar-refractivity contribution in [2.45, 2.75) is 19.4 Å². The van der Waals surface area contributed by atoms with Crippen LogP contribution in [0, 0.1) is 0 Å². The molecule has 1 amide bonds. The summed E-state index contributed by atoms with van der Waals surface area (Å²) in [5.41, 5.74) is 3.78. The predicted molar refractivity (Wildman–Crippen MR) is 97.2 cm³/mol. The van der Waals surface area contributed by atoms with Gasteiger partial charge in [-0.05, 0) is 35.9 Å². The molecule has 0 bridgehead atoms. The molecule has 26 heavy (non-hydrogen) atoms. The van der Waals surface area contributed by atoms with Crippen molar-refractivity contribution >= 4 is 23.1 Å². The van der Waals surface area contributed by atoms with Crippen molar-refractivity contribution in [2.75, 3.05) is 12.4 Å². The van der Waals surface area contributed by atoms with Gasteiger partial charge in [-0.2, -0.15) is 10.2 Å². The molecule has 1 atom stereocenters. The van der Waals surface area contributed by atoms with Gasteiger partial charge < -0.3 is 10.1 Å². The zero-order chi connectivity index (χ0) is 18.3. The number of carbonyl (C=O) groups excluding carboxylic acids is 2. The second-order valence-corrected chi connectivity index (χ2v) is 6.11. The molecular weight excluding hydrogens is 330 g/mol. The van der Waals surface area contributed by atoms with Crippen LogP contribution in [0.2, 0.25) is 0 Å². The summed E-state index contributed by atoms with van der Waals surface area (Å²) >= 11 is 0. The molecular formula is C20H17N3O3. The zero-order valence-electron chi connectivity index (χ0n) is 14.4. The molecule has 1 aliphatic carbocycles. The molecule has 0 aromatic heterocycles. The van der Waals surface area contributed by atoms with E-state index < -0.39 is 6.04 Å². The van der Waals surface area contributed by atoms with Crippen molar-refractivity contribution in [1.29, 1.82) is 0 Å². The van der Waals surface area contributed by atoms with Gasteiger partial charge in [-0.25, -0.2) is 0 Å². The lowest BCUT2D eigenvalue weighted by Crippen LogP contribution is -2.12. The van der Waals surface area contributed by atoms with Gasteiger partial charge in [0.25, 0.3) is 0 Å². The number of hydrogen-bond acceptors (Lipinski definition) is 5. The monoisotopic (exact) mass is 347 g/mol. The van der Waals surface area contributed by atoms with Gasteiger partial charge >= 0.3 is 0 Å². The molecule has 1 unspecified atom stereocenters. The summed E-state index contributed by atoms with van der Waals surface area (Å²) in [7, 11) is 1.60. The Kier molecular flexibility index (Phi) is 3.88. The third kappa shape index (κ3) is 2.42. The number of carbonyl (C=O) groups is 2. The van der Waals surface area contributed by atoms with Crippen LogP contribution in [0.1, 0.15) is 40.9 Å². The summed E-state index contributed by atoms with van der Waals surface area (Å²) in [5, 5.41) is 11.4. The fraction of sp³-hybridized carbons (Fsp3) is 0.200. The Bertz CT molecular complexity index is 974. The highest BCUT2D eigenvalue weighted by atomic mass is 16.5. The molecule has 6 heteroatoms. The Balaban J connectivity index is 1.79. The maximum Gasteiger partial charge on any atom is 0.224 e. The van der Waals surface area contributed by atoms with Crippen LogP contribution in [-0.2, 0) is 4.79 Å². The first-order chi connectivity index (χ1) is 12.6. The third-order valence-electron chi connectivity index (χ3n) is 4.62. The summed E-state index contributed by atoms with van der Waals surface area (Å²) in [6, 6.07) is 12.4. The third-order valence-corrected chi connectivity index (χ3v) is 4.62. The van der Waals surface area contributed by atoms with Gasteiger partial charge in [0.05, 0.1) is 23.9 Å². The fourth-order valence-electron chi connectivity index (χ4n) is 3.30. The van der Waals surface area contributed by atoms with E-state index in [9.17, 15) is 9.59 Å². The van der Waals surface area contributed by atoms with Crippen molar-refractivity contribution < 1.29 is 14.3 Å².